The van der Waals surface area contributed by atoms with Gasteiger partial charge in [0.2, 0.25) is 11.9 Å². The van der Waals surface area contributed by atoms with Crippen LogP contribution in [-0.2, 0) is 10.2 Å². The van der Waals surface area contributed by atoms with Gasteiger partial charge in [0, 0.05) is 37.5 Å². The van der Waals surface area contributed by atoms with E-state index in [1.165, 1.54) is 12.5 Å². The zero-order chi connectivity index (χ0) is 20.7. The van der Waals surface area contributed by atoms with Crippen LogP contribution in [0.1, 0.15) is 39.0 Å². The molecule has 28 heavy (non-hydrogen) atoms. The molecule has 8 nitrogen and oxygen atoms in total. The molecule has 0 unspecified atom stereocenters. The van der Waals surface area contributed by atoms with Crippen LogP contribution in [0.3, 0.4) is 0 Å². The van der Waals surface area contributed by atoms with Crippen molar-refractivity contribution < 1.29 is 9.59 Å². The number of carbonyl (C=O) groups excluding carboxylic acids is 2. The second-order valence-electron chi connectivity index (χ2n) is 7.53. The van der Waals surface area contributed by atoms with E-state index in [-0.39, 0.29) is 17.3 Å². The number of carbonyl (C=O) groups is 2. The molecule has 1 aromatic carbocycles. The van der Waals surface area contributed by atoms with E-state index >= 15 is 0 Å². The van der Waals surface area contributed by atoms with Crippen molar-refractivity contribution in [3.05, 3.63) is 41.6 Å². The standard InChI is InChI=1S/C20H28N6O2/c1-13-12-17(22-11-10-21-14(2)27)25-18(23-13)26-19(28)24-16-8-6-15(7-9-16)20(3,4)5/h6-9,12H,10-11H2,1-5H3,(H,21,27)(H3,22,23,24,25,26,28). The Morgan fingerprint density at radius 1 is 1.00 bits per heavy atom. The fraction of sp³-hybridized carbons (Fsp3) is 0.400. The minimum Gasteiger partial charge on any atom is -0.368 e. The Bertz CT molecular complexity index is 828. The van der Waals surface area contributed by atoms with Gasteiger partial charge in [-0.25, -0.2) is 9.78 Å². The van der Waals surface area contributed by atoms with Crippen molar-refractivity contribution in [3.8, 4) is 0 Å². The largest absolute Gasteiger partial charge is 0.368 e. The third-order valence-corrected chi connectivity index (χ3v) is 3.89. The number of nitrogens with zero attached hydrogens (tertiary/aromatic N) is 2. The fourth-order valence-corrected chi connectivity index (χ4v) is 2.46. The molecular weight excluding hydrogens is 356 g/mol. The van der Waals surface area contributed by atoms with Crippen LogP contribution in [0.5, 0.6) is 0 Å². The highest BCUT2D eigenvalue weighted by Crippen LogP contribution is 2.23. The minimum atomic E-state index is -0.418. The maximum absolute atomic E-state index is 12.3. The normalized spacial score (nSPS) is 10.9. The van der Waals surface area contributed by atoms with Crippen LogP contribution in [0.15, 0.2) is 30.3 Å². The molecule has 150 valence electrons. The second kappa shape index (κ2) is 9.16. The summed E-state index contributed by atoms with van der Waals surface area (Å²) in [6, 6.07) is 9.07. The number of hydrogen-bond acceptors (Lipinski definition) is 5. The molecule has 1 aromatic heterocycles. The molecule has 0 atom stereocenters. The van der Waals surface area contributed by atoms with Crippen molar-refractivity contribution in [1.29, 1.82) is 0 Å². The first-order chi connectivity index (χ1) is 13.1. The van der Waals surface area contributed by atoms with Gasteiger partial charge in [-0.2, -0.15) is 4.98 Å². The van der Waals surface area contributed by atoms with Crippen molar-refractivity contribution in [2.24, 2.45) is 0 Å². The van der Waals surface area contributed by atoms with E-state index in [9.17, 15) is 9.59 Å². The maximum Gasteiger partial charge on any atom is 0.326 e. The molecule has 2 aromatic rings. The molecule has 0 aliphatic heterocycles. The molecule has 0 saturated heterocycles. The number of aromatic nitrogens is 2. The highest BCUT2D eigenvalue weighted by molar-refractivity contribution is 5.98. The number of benzene rings is 1. The van der Waals surface area contributed by atoms with Gasteiger partial charge in [-0.15, -0.1) is 0 Å². The van der Waals surface area contributed by atoms with Crippen LogP contribution in [0, 0.1) is 6.92 Å². The van der Waals surface area contributed by atoms with E-state index < -0.39 is 6.03 Å². The molecule has 1 heterocycles. The van der Waals surface area contributed by atoms with E-state index in [4.69, 9.17) is 0 Å². The predicted molar refractivity (Wildman–Crippen MR) is 112 cm³/mol. The number of nitrogens with one attached hydrogen (secondary N) is 4. The van der Waals surface area contributed by atoms with Gasteiger partial charge in [-0.1, -0.05) is 32.9 Å². The lowest BCUT2D eigenvalue weighted by Gasteiger charge is -2.19. The van der Waals surface area contributed by atoms with Crippen LogP contribution in [0.2, 0.25) is 0 Å². The number of hydrogen-bond donors (Lipinski definition) is 4. The summed E-state index contributed by atoms with van der Waals surface area (Å²) >= 11 is 0. The first kappa shape index (κ1) is 21.1. The lowest BCUT2D eigenvalue weighted by atomic mass is 9.87. The quantitative estimate of drug-likeness (QED) is 0.572. The third-order valence-electron chi connectivity index (χ3n) is 3.89. The highest BCUT2D eigenvalue weighted by atomic mass is 16.2. The Morgan fingerprint density at radius 3 is 2.29 bits per heavy atom. The van der Waals surface area contributed by atoms with Crippen LogP contribution in [0.25, 0.3) is 0 Å². The van der Waals surface area contributed by atoms with Crippen LogP contribution < -0.4 is 21.3 Å². The summed E-state index contributed by atoms with van der Waals surface area (Å²) in [6.45, 7) is 10.7. The van der Waals surface area contributed by atoms with Crippen molar-refractivity contribution >= 4 is 29.4 Å². The number of rotatable bonds is 6. The first-order valence-electron chi connectivity index (χ1n) is 9.16. The molecule has 4 N–H and O–H groups in total. The number of anilines is 3. The molecule has 0 aliphatic carbocycles. The third kappa shape index (κ3) is 6.86. The Kier molecular flexibility index (Phi) is 6.92. The number of aryl methyl sites for hydroxylation is 1. The summed E-state index contributed by atoms with van der Waals surface area (Å²) in [6.07, 6.45) is 0. The zero-order valence-corrected chi connectivity index (χ0v) is 17.0. The molecule has 0 saturated carbocycles. The maximum atomic E-state index is 12.3. The summed E-state index contributed by atoms with van der Waals surface area (Å²) in [5, 5.41) is 11.2. The average molecular weight is 384 g/mol. The van der Waals surface area contributed by atoms with Gasteiger partial charge in [0.25, 0.3) is 0 Å². The average Bonchev–Trinajstić information content (AvgIpc) is 2.57. The van der Waals surface area contributed by atoms with Crippen LogP contribution in [-0.4, -0.2) is 35.0 Å². The van der Waals surface area contributed by atoms with E-state index in [2.05, 4.69) is 52.0 Å². The summed E-state index contributed by atoms with van der Waals surface area (Å²) in [5.41, 5.74) is 2.64. The molecule has 0 bridgehead atoms. The van der Waals surface area contributed by atoms with Crippen molar-refractivity contribution in [3.63, 3.8) is 0 Å². The highest BCUT2D eigenvalue weighted by Gasteiger charge is 2.13. The summed E-state index contributed by atoms with van der Waals surface area (Å²) in [5.74, 6) is 0.684. The summed E-state index contributed by atoms with van der Waals surface area (Å²) < 4.78 is 0. The van der Waals surface area contributed by atoms with Gasteiger partial charge in [-0.3, -0.25) is 10.1 Å². The van der Waals surface area contributed by atoms with Gasteiger partial charge in [-0.05, 0) is 30.0 Å². The summed E-state index contributed by atoms with van der Waals surface area (Å²) in [7, 11) is 0. The predicted octanol–water partition coefficient (Wildman–Crippen LogP) is 3.27. The van der Waals surface area contributed by atoms with E-state index in [1.807, 2.05) is 31.2 Å². The zero-order valence-electron chi connectivity index (χ0n) is 17.0. The molecule has 8 heteroatoms. The Labute approximate surface area is 165 Å². The first-order valence-corrected chi connectivity index (χ1v) is 9.16. The Morgan fingerprint density at radius 2 is 1.68 bits per heavy atom. The minimum absolute atomic E-state index is 0.0551. The molecule has 0 radical (unpaired) electrons. The number of amides is 3. The van der Waals surface area contributed by atoms with Gasteiger partial charge < -0.3 is 16.0 Å². The van der Waals surface area contributed by atoms with Crippen LogP contribution in [0.4, 0.5) is 22.2 Å². The van der Waals surface area contributed by atoms with E-state index in [1.54, 1.807) is 6.07 Å². The monoisotopic (exact) mass is 384 g/mol. The molecule has 0 fully saturated rings. The van der Waals surface area contributed by atoms with Gasteiger partial charge in [0.1, 0.15) is 5.82 Å². The molecular formula is C20H28N6O2. The lowest BCUT2D eigenvalue weighted by Crippen LogP contribution is -2.26. The van der Waals surface area contributed by atoms with Crippen LogP contribution >= 0.6 is 0 Å². The molecule has 0 aliphatic rings. The van der Waals surface area contributed by atoms with Gasteiger partial charge >= 0.3 is 6.03 Å². The Balaban J connectivity index is 1.94. The van der Waals surface area contributed by atoms with E-state index in [0.29, 0.717) is 30.3 Å². The second-order valence-corrected chi connectivity index (χ2v) is 7.53. The van der Waals surface area contributed by atoms with Gasteiger partial charge in [0.15, 0.2) is 0 Å². The van der Waals surface area contributed by atoms with Gasteiger partial charge in [0.05, 0.1) is 0 Å². The molecule has 3 amide bonds. The lowest BCUT2D eigenvalue weighted by molar-refractivity contribution is -0.118. The molecule has 2 rings (SSSR count). The smallest absolute Gasteiger partial charge is 0.326 e. The molecule has 0 spiro atoms. The Hall–Kier alpha value is -3.16. The SMILES string of the molecule is CC(=O)NCCNc1cc(C)nc(NC(=O)Nc2ccc(C(C)(C)C)cc2)n1. The van der Waals surface area contributed by atoms with Crippen molar-refractivity contribution in [1.82, 2.24) is 15.3 Å². The van der Waals surface area contributed by atoms with Crippen molar-refractivity contribution in [2.75, 3.05) is 29.0 Å². The summed E-state index contributed by atoms with van der Waals surface area (Å²) in [4.78, 5) is 31.6. The van der Waals surface area contributed by atoms with E-state index in [0.717, 1.165) is 0 Å². The number of urea groups is 1. The van der Waals surface area contributed by atoms with Crippen molar-refractivity contribution in [2.45, 2.75) is 40.0 Å². The topological polar surface area (TPSA) is 108 Å². The fourth-order valence-electron chi connectivity index (χ4n) is 2.46.